The first-order chi connectivity index (χ1) is 16.2. The lowest BCUT2D eigenvalue weighted by Gasteiger charge is -2.17. The van der Waals surface area contributed by atoms with Crippen molar-refractivity contribution in [1.29, 1.82) is 0 Å². The fourth-order valence-corrected chi connectivity index (χ4v) is 5.62. The van der Waals surface area contributed by atoms with E-state index in [0.717, 1.165) is 5.56 Å². The van der Waals surface area contributed by atoms with Crippen LogP contribution in [0.4, 0.5) is 0 Å². The Bertz CT molecular complexity index is 1230. The molecule has 34 heavy (non-hydrogen) atoms. The Labute approximate surface area is 210 Å². The number of hydrogen-bond acceptors (Lipinski definition) is 7. The van der Waals surface area contributed by atoms with E-state index in [0.29, 0.717) is 27.2 Å². The van der Waals surface area contributed by atoms with Gasteiger partial charge in [-0.15, -0.1) is 11.8 Å². The normalized spacial score (nSPS) is 22.3. The number of carbonyl (C=O) groups is 2. The van der Waals surface area contributed by atoms with Crippen molar-refractivity contribution in [1.82, 2.24) is 4.57 Å². The quantitative estimate of drug-likeness (QED) is 0.359. The molecule has 1 saturated heterocycles. The predicted octanol–water partition coefficient (Wildman–Crippen LogP) is 4.63. The summed E-state index contributed by atoms with van der Waals surface area (Å²) in [4.78, 5) is 24.0. The number of ether oxygens (including phenoxy) is 2. The molecule has 10 heteroatoms. The number of aliphatic hydroxyl groups excluding tert-OH is 2. The number of hydrogen-bond donors (Lipinski definition) is 2. The second-order valence-electron chi connectivity index (χ2n) is 8.01. The Morgan fingerprint density at radius 3 is 2.41 bits per heavy atom. The number of aliphatic hydroxyl groups is 2. The van der Waals surface area contributed by atoms with Crippen LogP contribution in [0.3, 0.4) is 0 Å². The first-order valence-corrected chi connectivity index (χ1v) is 12.3. The van der Waals surface area contributed by atoms with Gasteiger partial charge >= 0.3 is 5.97 Å². The van der Waals surface area contributed by atoms with Gasteiger partial charge in [-0.3, -0.25) is 14.2 Å². The summed E-state index contributed by atoms with van der Waals surface area (Å²) in [6.45, 7) is 2.47. The molecule has 3 aromatic rings. The topological polar surface area (TPSA) is 98.0 Å². The largest absolute Gasteiger partial charge is 0.463 e. The van der Waals surface area contributed by atoms with Gasteiger partial charge in [0.1, 0.15) is 31.0 Å². The number of aromatic nitrogens is 1. The van der Waals surface area contributed by atoms with Gasteiger partial charge in [0.05, 0.1) is 20.6 Å². The number of esters is 1. The molecule has 2 aromatic carbocycles. The molecule has 180 valence electrons. The molecular formula is C24H23Cl2NO6S. The Balaban J connectivity index is 1.84. The van der Waals surface area contributed by atoms with Gasteiger partial charge in [0.25, 0.3) is 0 Å². The Morgan fingerprint density at radius 2 is 1.76 bits per heavy atom. The SMILES string of the molecule is CC(=O)OC[C@H]1O[C@@H](c2c(SCc3ccccc3)n(C(C)=O)c3cc(Cl)c(Cl)cc23)[C@H](O)[C@@H]1O. The maximum atomic E-state index is 12.8. The zero-order valence-electron chi connectivity index (χ0n) is 18.4. The van der Waals surface area contributed by atoms with E-state index in [1.165, 1.54) is 30.2 Å². The van der Waals surface area contributed by atoms with Gasteiger partial charge in [0.2, 0.25) is 5.91 Å². The standard InChI is InChI=1S/C24H23Cl2NO6S/c1-12(28)27-18-9-17(26)16(25)8-15(18)20(24(27)34-11-14-6-4-3-5-7-14)23-22(31)21(30)19(33-23)10-32-13(2)29/h3-9,19,21-23,30-31H,10-11H2,1-2H3/t19-,21-,22-,23+/m1/s1. The summed E-state index contributed by atoms with van der Waals surface area (Å²) in [5.74, 6) is -0.238. The molecule has 0 aliphatic carbocycles. The van der Waals surface area contributed by atoms with E-state index in [1.54, 1.807) is 12.1 Å². The molecule has 2 N–H and O–H groups in total. The van der Waals surface area contributed by atoms with Crippen LogP contribution in [0, 0.1) is 0 Å². The van der Waals surface area contributed by atoms with Gasteiger partial charge in [0.15, 0.2) is 0 Å². The molecule has 0 bridgehead atoms. The smallest absolute Gasteiger partial charge is 0.302 e. The van der Waals surface area contributed by atoms with Crippen molar-refractivity contribution in [3.63, 3.8) is 0 Å². The molecule has 0 spiro atoms. The Hall–Kier alpha value is -2.07. The summed E-state index contributed by atoms with van der Waals surface area (Å²) >= 11 is 14.0. The van der Waals surface area contributed by atoms with Crippen LogP contribution in [0.15, 0.2) is 47.5 Å². The predicted molar refractivity (Wildman–Crippen MR) is 131 cm³/mol. The Morgan fingerprint density at radius 1 is 1.09 bits per heavy atom. The molecule has 1 aliphatic heterocycles. The minimum atomic E-state index is -1.32. The van der Waals surface area contributed by atoms with Crippen LogP contribution in [0.5, 0.6) is 0 Å². The van der Waals surface area contributed by atoms with Crippen LogP contribution in [-0.4, -0.2) is 51.6 Å². The van der Waals surface area contributed by atoms with E-state index in [9.17, 15) is 19.8 Å². The zero-order valence-corrected chi connectivity index (χ0v) is 20.7. The van der Waals surface area contributed by atoms with Crippen LogP contribution in [0.25, 0.3) is 10.9 Å². The summed E-state index contributed by atoms with van der Waals surface area (Å²) in [5, 5.41) is 23.2. The monoisotopic (exact) mass is 523 g/mol. The summed E-state index contributed by atoms with van der Waals surface area (Å²) in [7, 11) is 0. The maximum absolute atomic E-state index is 12.8. The lowest BCUT2D eigenvalue weighted by molar-refractivity contribution is -0.146. The molecule has 1 aromatic heterocycles. The lowest BCUT2D eigenvalue weighted by Crippen LogP contribution is -2.33. The summed E-state index contributed by atoms with van der Waals surface area (Å²) in [6.07, 6.45) is -4.55. The fraction of sp³-hybridized carbons (Fsp3) is 0.333. The minimum Gasteiger partial charge on any atom is -0.463 e. The van der Waals surface area contributed by atoms with E-state index < -0.39 is 30.4 Å². The first kappa shape index (κ1) is 25.0. The highest BCUT2D eigenvalue weighted by molar-refractivity contribution is 7.98. The number of fused-ring (bicyclic) bond motifs is 1. The molecule has 1 fully saturated rings. The summed E-state index contributed by atoms with van der Waals surface area (Å²) in [6, 6.07) is 13.0. The molecule has 0 amide bonds. The fourth-order valence-electron chi connectivity index (χ4n) is 4.06. The molecule has 0 radical (unpaired) electrons. The highest BCUT2D eigenvalue weighted by atomic mass is 35.5. The highest BCUT2D eigenvalue weighted by Gasteiger charge is 2.46. The van der Waals surface area contributed by atoms with Crippen molar-refractivity contribution in [3.05, 3.63) is 63.6 Å². The van der Waals surface area contributed by atoms with Gasteiger partial charge in [0, 0.05) is 30.6 Å². The lowest BCUT2D eigenvalue weighted by atomic mass is 10.0. The van der Waals surface area contributed by atoms with Crippen molar-refractivity contribution in [2.75, 3.05) is 6.61 Å². The number of rotatable bonds is 6. The maximum Gasteiger partial charge on any atom is 0.302 e. The molecule has 4 rings (SSSR count). The average molecular weight is 524 g/mol. The van der Waals surface area contributed by atoms with Crippen LogP contribution >= 0.6 is 35.0 Å². The van der Waals surface area contributed by atoms with Gasteiger partial charge < -0.3 is 19.7 Å². The molecule has 2 heterocycles. The number of thioether (sulfide) groups is 1. The number of nitrogens with zero attached hydrogens (tertiary/aromatic N) is 1. The van der Waals surface area contributed by atoms with Crippen molar-refractivity contribution < 1.29 is 29.3 Å². The second-order valence-corrected chi connectivity index (χ2v) is 9.79. The van der Waals surface area contributed by atoms with Crippen LogP contribution in [-0.2, 0) is 20.0 Å². The first-order valence-electron chi connectivity index (χ1n) is 10.5. The third-order valence-electron chi connectivity index (χ3n) is 5.63. The van der Waals surface area contributed by atoms with Gasteiger partial charge in [-0.05, 0) is 17.7 Å². The van der Waals surface area contributed by atoms with Crippen molar-refractivity contribution in [2.24, 2.45) is 0 Å². The second kappa shape index (κ2) is 10.3. The third kappa shape index (κ3) is 4.84. The van der Waals surface area contributed by atoms with Gasteiger partial charge in [-0.2, -0.15) is 0 Å². The third-order valence-corrected chi connectivity index (χ3v) is 7.51. The number of halogens is 2. The Kier molecular flexibility index (Phi) is 7.57. The molecule has 0 saturated carbocycles. The molecule has 1 aliphatic rings. The van der Waals surface area contributed by atoms with Gasteiger partial charge in [-0.25, -0.2) is 0 Å². The molecule has 7 nitrogen and oxygen atoms in total. The minimum absolute atomic E-state index is 0.214. The molecule has 0 unspecified atom stereocenters. The van der Waals surface area contributed by atoms with Gasteiger partial charge in [-0.1, -0.05) is 53.5 Å². The van der Waals surface area contributed by atoms with Crippen LogP contribution < -0.4 is 0 Å². The van der Waals surface area contributed by atoms with Crippen molar-refractivity contribution >= 4 is 57.7 Å². The van der Waals surface area contributed by atoms with E-state index >= 15 is 0 Å². The summed E-state index contributed by atoms with van der Waals surface area (Å²) < 4.78 is 12.5. The average Bonchev–Trinajstić information content (AvgIpc) is 3.25. The van der Waals surface area contributed by atoms with Crippen molar-refractivity contribution in [3.8, 4) is 0 Å². The van der Waals surface area contributed by atoms with E-state index in [2.05, 4.69) is 0 Å². The van der Waals surface area contributed by atoms with E-state index in [4.69, 9.17) is 32.7 Å². The molecule has 4 atom stereocenters. The number of benzene rings is 2. The number of carbonyl (C=O) groups excluding carboxylic acids is 2. The van der Waals surface area contributed by atoms with E-state index in [1.807, 2.05) is 30.3 Å². The van der Waals surface area contributed by atoms with Crippen molar-refractivity contribution in [2.45, 2.75) is 49.0 Å². The molecular weight excluding hydrogens is 501 g/mol. The van der Waals surface area contributed by atoms with Crippen LogP contribution in [0.2, 0.25) is 10.0 Å². The van der Waals surface area contributed by atoms with Crippen LogP contribution in [0.1, 0.15) is 35.9 Å². The zero-order chi connectivity index (χ0) is 24.6. The highest BCUT2D eigenvalue weighted by Crippen LogP contribution is 2.46. The summed E-state index contributed by atoms with van der Waals surface area (Å²) in [5.41, 5.74) is 2.07. The van der Waals surface area contributed by atoms with E-state index in [-0.39, 0.29) is 22.6 Å².